The number of unbranched alkanes of at least 4 members (excludes halogenated alkanes) is 8. The predicted molar refractivity (Wildman–Crippen MR) is 163 cm³/mol. The van der Waals surface area contributed by atoms with Crippen LogP contribution in [0.1, 0.15) is 90.9 Å². The van der Waals surface area contributed by atoms with Gasteiger partial charge in [0, 0.05) is 13.2 Å². The van der Waals surface area contributed by atoms with Crippen LogP contribution in [0.5, 0.6) is 0 Å². The van der Waals surface area contributed by atoms with Gasteiger partial charge in [-0.05, 0) is 51.4 Å². The standard InChI is InChI=1S/C32H58O10/c1-3-5-7-9-11-13-15-17-19-37-23-29(41-27-31(33)34)25-39-21-22-40-26-30(42-28-32(35)36)24-38-20-18-16-14-12-10-8-6-4-2/h11-14,29-30H,3-10,15-28H2,1-2H3,(H,33,34)(H,35,36)/b13-11+,14-12+. The summed E-state index contributed by atoms with van der Waals surface area (Å²) >= 11 is 0. The molecule has 0 saturated carbocycles. The van der Waals surface area contributed by atoms with Gasteiger partial charge in [0.15, 0.2) is 0 Å². The number of allylic oxidation sites excluding steroid dienone is 4. The van der Waals surface area contributed by atoms with Crippen molar-refractivity contribution in [3.8, 4) is 0 Å². The topological polar surface area (TPSA) is 130 Å². The third kappa shape index (κ3) is 31.1. The molecule has 0 radical (unpaired) electrons. The Hall–Kier alpha value is -1.82. The van der Waals surface area contributed by atoms with Crippen LogP contribution in [-0.2, 0) is 38.0 Å². The van der Waals surface area contributed by atoms with E-state index < -0.39 is 37.4 Å². The van der Waals surface area contributed by atoms with Crippen molar-refractivity contribution in [1.82, 2.24) is 0 Å². The highest BCUT2D eigenvalue weighted by atomic mass is 16.6. The molecule has 42 heavy (non-hydrogen) atoms. The zero-order chi connectivity index (χ0) is 30.9. The van der Waals surface area contributed by atoms with Crippen molar-refractivity contribution in [3.05, 3.63) is 24.3 Å². The van der Waals surface area contributed by atoms with Crippen molar-refractivity contribution in [2.45, 2.75) is 103 Å². The smallest absolute Gasteiger partial charge is 0.329 e. The van der Waals surface area contributed by atoms with Crippen LogP contribution in [0, 0.1) is 0 Å². The minimum Gasteiger partial charge on any atom is -0.480 e. The van der Waals surface area contributed by atoms with E-state index >= 15 is 0 Å². The van der Waals surface area contributed by atoms with Crippen LogP contribution in [0.2, 0.25) is 0 Å². The van der Waals surface area contributed by atoms with Gasteiger partial charge in [0.2, 0.25) is 0 Å². The van der Waals surface area contributed by atoms with Crippen molar-refractivity contribution in [2.24, 2.45) is 0 Å². The lowest BCUT2D eigenvalue weighted by molar-refractivity contribution is -0.150. The second kappa shape index (κ2) is 32.1. The maximum Gasteiger partial charge on any atom is 0.329 e. The minimum absolute atomic E-state index is 0.170. The molecule has 0 aromatic carbocycles. The highest BCUT2D eigenvalue weighted by Gasteiger charge is 2.14. The van der Waals surface area contributed by atoms with Gasteiger partial charge in [0.05, 0.1) is 39.6 Å². The summed E-state index contributed by atoms with van der Waals surface area (Å²) in [5, 5.41) is 17.9. The lowest BCUT2D eigenvalue weighted by Gasteiger charge is -2.19. The van der Waals surface area contributed by atoms with Crippen LogP contribution in [-0.4, -0.2) is 100 Å². The molecule has 10 heteroatoms. The van der Waals surface area contributed by atoms with Gasteiger partial charge in [0.1, 0.15) is 25.4 Å². The van der Waals surface area contributed by atoms with E-state index in [1.807, 2.05) is 0 Å². The molecule has 0 aliphatic heterocycles. The van der Waals surface area contributed by atoms with Gasteiger partial charge < -0.3 is 38.6 Å². The van der Waals surface area contributed by atoms with E-state index in [1.165, 1.54) is 38.5 Å². The van der Waals surface area contributed by atoms with Crippen LogP contribution in [0.4, 0.5) is 0 Å². The van der Waals surface area contributed by atoms with E-state index in [0.29, 0.717) is 13.2 Å². The van der Waals surface area contributed by atoms with E-state index in [2.05, 4.69) is 38.2 Å². The van der Waals surface area contributed by atoms with Crippen molar-refractivity contribution in [2.75, 3.05) is 66.1 Å². The Bertz CT molecular complexity index is 612. The third-order valence-electron chi connectivity index (χ3n) is 6.07. The molecule has 0 aromatic heterocycles. The van der Waals surface area contributed by atoms with E-state index in [9.17, 15) is 9.59 Å². The number of carboxylic acid groups (broad SMARTS) is 2. The minimum atomic E-state index is -1.05. The number of rotatable bonds is 33. The highest BCUT2D eigenvalue weighted by molar-refractivity contribution is 5.68. The van der Waals surface area contributed by atoms with E-state index in [1.54, 1.807) is 0 Å². The normalized spacial score (nSPS) is 13.3. The van der Waals surface area contributed by atoms with E-state index in [-0.39, 0.29) is 39.6 Å². The lowest BCUT2D eigenvalue weighted by atomic mass is 10.2. The Labute approximate surface area is 253 Å². The van der Waals surface area contributed by atoms with Gasteiger partial charge in [-0.3, -0.25) is 0 Å². The number of aliphatic carboxylic acids is 2. The summed E-state index contributed by atoms with van der Waals surface area (Å²) in [5.41, 5.74) is 0. The summed E-state index contributed by atoms with van der Waals surface area (Å²) in [6.07, 6.45) is 21.1. The average molecular weight is 603 g/mol. The summed E-state index contributed by atoms with van der Waals surface area (Å²) in [6, 6.07) is 0. The van der Waals surface area contributed by atoms with Crippen LogP contribution in [0.25, 0.3) is 0 Å². The fourth-order valence-corrected chi connectivity index (χ4v) is 3.75. The molecule has 10 nitrogen and oxygen atoms in total. The summed E-state index contributed by atoms with van der Waals surface area (Å²) in [5.74, 6) is -2.10. The summed E-state index contributed by atoms with van der Waals surface area (Å²) in [7, 11) is 0. The first-order valence-corrected chi connectivity index (χ1v) is 15.8. The van der Waals surface area contributed by atoms with Gasteiger partial charge in [-0.1, -0.05) is 63.8 Å². The summed E-state index contributed by atoms with van der Waals surface area (Å²) < 4.78 is 33.3. The van der Waals surface area contributed by atoms with E-state index in [0.717, 1.165) is 38.5 Å². The third-order valence-corrected chi connectivity index (χ3v) is 6.07. The van der Waals surface area contributed by atoms with Gasteiger partial charge >= 0.3 is 11.9 Å². The maximum absolute atomic E-state index is 10.9. The van der Waals surface area contributed by atoms with Gasteiger partial charge in [0.25, 0.3) is 0 Å². The molecule has 2 unspecified atom stereocenters. The van der Waals surface area contributed by atoms with Crippen molar-refractivity contribution >= 4 is 11.9 Å². The fraction of sp³-hybridized carbons (Fsp3) is 0.812. The molecule has 0 heterocycles. The Balaban J connectivity index is 4.14. The molecule has 246 valence electrons. The highest BCUT2D eigenvalue weighted by Crippen LogP contribution is 2.04. The zero-order valence-corrected chi connectivity index (χ0v) is 26.2. The first kappa shape index (κ1) is 40.2. The number of hydrogen-bond acceptors (Lipinski definition) is 8. The number of ether oxygens (including phenoxy) is 6. The second-order valence-electron chi connectivity index (χ2n) is 10.2. The van der Waals surface area contributed by atoms with Crippen molar-refractivity contribution < 1.29 is 48.2 Å². The molecular formula is C32H58O10. The van der Waals surface area contributed by atoms with Gasteiger partial charge in [-0.15, -0.1) is 0 Å². The van der Waals surface area contributed by atoms with Gasteiger partial charge in [-0.25, -0.2) is 9.59 Å². The molecule has 0 amide bonds. The second-order valence-corrected chi connectivity index (χ2v) is 10.2. The van der Waals surface area contributed by atoms with Gasteiger partial charge in [-0.2, -0.15) is 0 Å². The number of hydrogen-bond donors (Lipinski definition) is 2. The first-order chi connectivity index (χ1) is 20.5. The van der Waals surface area contributed by atoms with Crippen LogP contribution < -0.4 is 0 Å². The first-order valence-electron chi connectivity index (χ1n) is 15.8. The SMILES string of the molecule is CCCCC/C=C/CCCOCC(COCCOCC(COCCC/C=C/CCCCC)OCC(=O)O)OCC(=O)O. The Morgan fingerprint density at radius 3 is 1.19 bits per heavy atom. The molecule has 0 bridgehead atoms. The molecule has 0 rings (SSSR count). The number of carbonyl (C=O) groups is 2. The molecule has 0 aromatic rings. The molecule has 0 aliphatic carbocycles. The van der Waals surface area contributed by atoms with E-state index in [4.69, 9.17) is 38.6 Å². The quantitative estimate of drug-likeness (QED) is 0.0699. The molecule has 0 spiro atoms. The predicted octanol–water partition coefficient (Wildman–Crippen LogP) is 5.83. The molecule has 2 atom stereocenters. The lowest BCUT2D eigenvalue weighted by Crippen LogP contribution is -2.30. The molecule has 0 fully saturated rings. The fourth-order valence-electron chi connectivity index (χ4n) is 3.75. The summed E-state index contributed by atoms with van der Waals surface area (Å²) in [4.78, 5) is 21.8. The van der Waals surface area contributed by atoms with Crippen LogP contribution in [0.15, 0.2) is 24.3 Å². The van der Waals surface area contributed by atoms with Crippen LogP contribution >= 0.6 is 0 Å². The Morgan fingerprint density at radius 2 is 0.857 bits per heavy atom. The Morgan fingerprint density at radius 1 is 0.524 bits per heavy atom. The monoisotopic (exact) mass is 602 g/mol. The van der Waals surface area contributed by atoms with Crippen molar-refractivity contribution in [1.29, 1.82) is 0 Å². The number of carboxylic acids is 2. The van der Waals surface area contributed by atoms with Crippen LogP contribution in [0.3, 0.4) is 0 Å². The molecule has 0 aliphatic rings. The molecule has 2 N–H and O–H groups in total. The average Bonchev–Trinajstić information content (AvgIpc) is 2.97. The summed E-state index contributed by atoms with van der Waals surface area (Å²) in [6.45, 7) is 6.00. The largest absolute Gasteiger partial charge is 0.480 e. The zero-order valence-electron chi connectivity index (χ0n) is 26.2. The Kier molecular flexibility index (Phi) is 30.7. The molecule has 0 saturated heterocycles. The van der Waals surface area contributed by atoms with Crippen molar-refractivity contribution in [3.63, 3.8) is 0 Å². The molecular weight excluding hydrogens is 544 g/mol. The maximum atomic E-state index is 10.9.